The molecular formula is C14H16ClF2NO. The molecular weight excluding hydrogens is 272 g/mol. The highest BCUT2D eigenvalue weighted by Gasteiger charge is 2.33. The summed E-state index contributed by atoms with van der Waals surface area (Å²) in [6, 6.07) is 3.14. The molecule has 0 radical (unpaired) electrons. The van der Waals surface area contributed by atoms with Gasteiger partial charge in [-0.25, -0.2) is 8.78 Å². The van der Waals surface area contributed by atoms with Gasteiger partial charge in [-0.3, -0.25) is 4.79 Å². The largest absolute Gasteiger partial charge is 0.351 e. The zero-order valence-electron chi connectivity index (χ0n) is 10.5. The van der Waals surface area contributed by atoms with E-state index in [-0.39, 0.29) is 11.0 Å². The Hall–Kier alpha value is -1.16. The number of halogens is 3. The minimum absolute atomic E-state index is 0.0458. The van der Waals surface area contributed by atoms with Crippen molar-refractivity contribution in [2.45, 2.75) is 25.7 Å². The lowest BCUT2D eigenvalue weighted by atomic mass is 9.88. The fourth-order valence-corrected chi connectivity index (χ4v) is 2.85. The van der Waals surface area contributed by atoms with Crippen molar-refractivity contribution in [3.05, 3.63) is 35.4 Å². The van der Waals surface area contributed by atoms with Crippen LogP contribution < -0.4 is 5.32 Å². The standard InChI is InChI=1S/C14H16ClF2NO/c15-8-14(5-1-2-6-14)9-18-13(19)10-3-4-11(16)12(17)7-10/h3-4,7H,1-2,5-6,8-9H2,(H,18,19). The molecule has 2 nitrogen and oxygen atoms in total. The van der Waals surface area contributed by atoms with Crippen LogP contribution in [0.1, 0.15) is 36.0 Å². The second-order valence-electron chi connectivity index (χ2n) is 5.15. The Kier molecular flexibility index (Phi) is 4.40. The zero-order chi connectivity index (χ0) is 13.9. The van der Waals surface area contributed by atoms with Crippen LogP contribution in [-0.2, 0) is 0 Å². The molecule has 1 aliphatic carbocycles. The quantitative estimate of drug-likeness (QED) is 0.844. The number of carbonyl (C=O) groups is 1. The maximum absolute atomic E-state index is 13.0. The van der Waals surface area contributed by atoms with E-state index in [1.165, 1.54) is 6.07 Å². The molecule has 1 fully saturated rings. The van der Waals surface area contributed by atoms with Gasteiger partial charge in [0.1, 0.15) is 0 Å². The predicted molar refractivity (Wildman–Crippen MR) is 70.3 cm³/mol. The Bertz CT molecular complexity index is 473. The van der Waals surface area contributed by atoms with Crippen molar-refractivity contribution in [2.75, 3.05) is 12.4 Å². The first-order valence-corrected chi connectivity index (χ1v) is 6.89. The fourth-order valence-electron chi connectivity index (χ4n) is 2.49. The number of hydrogen-bond donors (Lipinski definition) is 1. The lowest BCUT2D eigenvalue weighted by Crippen LogP contribution is -2.37. The van der Waals surface area contributed by atoms with Crippen LogP contribution in [0.25, 0.3) is 0 Å². The Morgan fingerprint density at radius 3 is 2.53 bits per heavy atom. The summed E-state index contributed by atoms with van der Waals surface area (Å²) in [5.41, 5.74) is 0.0807. The number of nitrogens with one attached hydrogen (secondary N) is 1. The van der Waals surface area contributed by atoms with Crippen molar-refractivity contribution in [1.82, 2.24) is 5.32 Å². The Morgan fingerprint density at radius 1 is 1.26 bits per heavy atom. The lowest BCUT2D eigenvalue weighted by molar-refractivity contribution is 0.0934. The summed E-state index contributed by atoms with van der Waals surface area (Å²) in [5, 5.41) is 2.77. The van der Waals surface area contributed by atoms with Crippen LogP contribution in [-0.4, -0.2) is 18.3 Å². The lowest BCUT2D eigenvalue weighted by Gasteiger charge is -2.26. The van der Waals surface area contributed by atoms with E-state index in [1.807, 2.05) is 0 Å². The molecule has 0 saturated heterocycles. The average Bonchev–Trinajstić information content (AvgIpc) is 2.89. The molecule has 0 aromatic heterocycles. The van der Waals surface area contributed by atoms with Crippen molar-refractivity contribution in [2.24, 2.45) is 5.41 Å². The van der Waals surface area contributed by atoms with Gasteiger partial charge in [0.25, 0.3) is 5.91 Å². The van der Waals surface area contributed by atoms with E-state index < -0.39 is 17.5 Å². The molecule has 0 spiro atoms. The molecule has 104 valence electrons. The highest BCUT2D eigenvalue weighted by molar-refractivity contribution is 6.18. The third-order valence-corrected chi connectivity index (χ3v) is 4.32. The first kappa shape index (κ1) is 14.3. The Labute approximate surface area is 116 Å². The summed E-state index contributed by atoms with van der Waals surface area (Å²) < 4.78 is 25.8. The number of carbonyl (C=O) groups excluding carboxylic acids is 1. The summed E-state index contributed by atoms with van der Waals surface area (Å²) >= 11 is 5.98. The van der Waals surface area contributed by atoms with Crippen LogP contribution in [0.5, 0.6) is 0 Å². The van der Waals surface area contributed by atoms with Gasteiger partial charge < -0.3 is 5.32 Å². The van der Waals surface area contributed by atoms with E-state index in [9.17, 15) is 13.6 Å². The van der Waals surface area contributed by atoms with Gasteiger partial charge in [-0.05, 0) is 31.0 Å². The molecule has 1 N–H and O–H groups in total. The minimum atomic E-state index is -1.01. The molecule has 1 aromatic rings. The summed E-state index contributed by atoms with van der Waals surface area (Å²) in [7, 11) is 0. The molecule has 1 saturated carbocycles. The molecule has 0 aliphatic heterocycles. The van der Waals surface area contributed by atoms with Gasteiger partial charge in [0.2, 0.25) is 0 Å². The Morgan fingerprint density at radius 2 is 1.95 bits per heavy atom. The van der Waals surface area contributed by atoms with Crippen molar-refractivity contribution in [3.63, 3.8) is 0 Å². The molecule has 1 aliphatic rings. The topological polar surface area (TPSA) is 29.1 Å². The number of hydrogen-bond acceptors (Lipinski definition) is 1. The molecule has 19 heavy (non-hydrogen) atoms. The van der Waals surface area contributed by atoms with Crippen LogP contribution >= 0.6 is 11.6 Å². The molecule has 0 unspecified atom stereocenters. The minimum Gasteiger partial charge on any atom is -0.351 e. The molecule has 1 aromatic carbocycles. The summed E-state index contributed by atoms with van der Waals surface area (Å²) in [6.07, 6.45) is 4.23. The van der Waals surface area contributed by atoms with E-state index in [0.717, 1.165) is 37.8 Å². The number of rotatable bonds is 4. The number of benzene rings is 1. The highest BCUT2D eigenvalue weighted by atomic mass is 35.5. The van der Waals surface area contributed by atoms with Gasteiger partial charge in [0, 0.05) is 23.4 Å². The van der Waals surface area contributed by atoms with E-state index in [2.05, 4.69) is 5.32 Å². The summed E-state index contributed by atoms with van der Waals surface area (Å²) in [4.78, 5) is 11.9. The molecule has 0 heterocycles. The van der Waals surface area contributed by atoms with Crippen molar-refractivity contribution >= 4 is 17.5 Å². The maximum atomic E-state index is 13.0. The van der Waals surface area contributed by atoms with Gasteiger partial charge in [-0.1, -0.05) is 12.8 Å². The molecule has 0 bridgehead atoms. The van der Waals surface area contributed by atoms with Crippen molar-refractivity contribution < 1.29 is 13.6 Å². The zero-order valence-corrected chi connectivity index (χ0v) is 11.3. The summed E-state index contributed by atoms with van der Waals surface area (Å²) in [6.45, 7) is 0.480. The van der Waals surface area contributed by atoms with Crippen molar-refractivity contribution in [1.29, 1.82) is 0 Å². The van der Waals surface area contributed by atoms with E-state index >= 15 is 0 Å². The first-order chi connectivity index (χ1) is 9.06. The maximum Gasteiger partial charge on any atom is 0.251 e. The van der Waals surface area contributed by atoms with E-state index in [1.54, 1.807) is 0 Å². The third-order valence-electron chi connectivity index (χ3n) is 3.75. The first-order valence-electron chi connectivity index (χ1n) is 6.36. The molecule has 2 rings (SSSR count). The van der Waals surface area contributed by atoms with Crippen LogP contribution in [0.4, 0.5) is 8.78 Å². The number of alkyl halides is 1. The SMILES string of the molecule is O=C(NCC1(CCl)CCCC1)c1ccc(F)c(F)c1. The third kappa shape index (κ3) is 3.24. The second kappa shape index (κ2) is 5.87. The van der Waals surface area contributed by atoms with Gasteiger partial charge in [0.15, 0.2) is 11.6 Å². The van der Waals surface area contributed by atoms with Crippen LogP contribution in [0.3, 0.4) is 0 Å². The Balaban J connectivity index is 1.99. The highest BCUT2D eigenvalue weighted by Crippen LogP contribution is 2.38. The van der Waals surface area contributed by atoms with Gasteiger partial charge in [-0.2, -0.15) is 0 Å². The average molecular weight is 288 g/mol. The van der Waals surface area contributed by atoms with E-state index in [0.29, 0.717) is 12.4 Å². The molecule has 0 atom stereocenters. The second-order valence-corrected chi connectivity index (χ2v) is 5.42. The predicted octanol–water partition coefficient (Wildman–Crippen LogP) is 3.49. The smallest absolute Gasteiger partial charge is 0.251 e. The van der Waals surface area contributed by atoms with Gasteiger partial charge in [-0.15, -0.1) is 11.6 Å². The van der Waals surface area contributed by atoms with Crippen LogP contribution in [0, 0.1) is 17.0 Å². The molecule has 1 amide bonds. The van der Waals surface area contributed by atoms with Gasteiger partial charge in [0.05, 0.1) is 0 Å². The molecule has 5 heteroatoms. The monoisotopic (exact) mass is 287 g/mol. The van der Waals surface area contributed by atoms with Gasteiger partial charge >= 0.3 is 0 Å². The normalized spacial score (nSPS) is 17.4. The van der Waals surface area contributed by atoms with Crippen molar-refractivity contribution in [3.8, 4) is 0 Å². The van der Waals surface area contributed by atoms with Crippen LogP contribution in [0.15, 0.2) is 18.2 Å². The summed E-state index contributed by atoms with van der Waals surface area (Å²) in [5.74, 6) is -1.86. The van der Waals surface area contributed by atoms with E-state index in [4.69, 9.17) is 11.6 Å². The van der Waals surface area contributed by atoms with Crippen LogP contribution in [0.2, 0.25) is 0 Å². The fraction of sp³-hybridized carbons (Fsp3) is 0.500. The number of amides is 1.